The van der Waals surface area contributed by atoms with E-state index in [1.165, 1.54) is 12.7 Å². The average molecular weight is 370 g/mol. The summed E-state index contributed by atoms with van der Waals surface area (Å²) in [4.78, 5) is 30.1. The molecule has 6 nitrogen and oxygen atoms in total. The van der Waals surface area contributed by atoms with E-state index in [0.29, 0.717) is 12.3 Å². The van der Waals surface area contributed by atoms with Gasteiger partial charge < -0.3 is 14.4 Å². The number of rotatable bonds is 9. The second-order valence-corrected chi connectivity index (χ2v) is 6.35. The molecule has 0 aliphatic heterocycles. The van der Waals surface area contributed by atoms with Crippen molar-refractivity contribution in [3.63, 3.8) is 0 Å². The van der Waals surface area contributed by atoms with Crippen LogP contribution in [0.3, 0.4) is 0 Å². The van der Waals surface area contributed by atoms with Gasteiger partial charge in [-0.15, -0.1) is 0 Å². The van der Waals surface area contributed by atoms with E-state index in [-0.39, 0.29) is 25.0 Å². The Morgan fingerprint density at radius 1 is 1.15 bits per heavy atom. The number of aryl methyl sites for hydroxylation is 1. The molecule has 0 aliphatic carbocycles. The van der Waals surface area contributed by atoms with E-state index in [0.717, 1.165) is 12.0 Å². The minimum Gasteiger partial charge on any atom is -0.484 e. The van der Waals surface area contributed by atoms with Crippen LogP contribution in [0.2, 0.25) is 0 Å². The largest absolute Gasteiger partial charge is 0.484 e. The first kappa shape index (κ1) is 20.4. The molecule has 6 heteroatoms. The van der Waals surface area contributed by atoms with Crippen LogP contribution in [0.5, 0.6) is 5.75 Å². The van der Waals surface area contributed by atoms with Crippen molar-refractivity contribution in [2.45, 2.75) is 26.8 Å². The third kappa shape index (κ3) is 6.40. The van der Waals surface area contributed by atoms with Crippen molar-refractivity contribution >= 4 is 11.9 Å². The topological polar surface area (TPSA) is 68.7 Å². The first-order valence-electron chi connectivity index (χ1n) is 8.99. The zero-order valence-electron chi connectivity index (χ0n) is 16.1. The highest BCUT2D eigenvalue weighted by molar-refractivity contribution is 5.79. The highest BCUT2D eigenvalue weighted by Gasteiger charge is 2.22. The second-order valence-electron chi connectivity index (χ2n) is 6.35. The Labute approximate surface area is 160 Å². The molecule has 0 spiro atoms. The summed E-state index contributed by atoms with van der Waals surface area (Å²) < 4.78 is 10.4. The Hall–Kier alpha value is -2.89. The number of amides is 1. The maximum absolute atomic E-state index is 12.7. The molecule has 2 rings (SSSR count). The van der Waals surface area contributed by atoms with Gasteiger partial charge in [0.2, 0.25) is 0 Å². The first-order valence-corrected chi connectivity index (χ1v) is 8.99. The van der Waals surface area contributed by atoms with Crippen molar-refractivity contribution in [2.24, 2.45) is 5.92 Å². The molecule has 0 aliphatic rings. The summed E-state index contributed by atoms with van der Waals surface area (Å²) in [6, 6.07) is 11.4. The number of nitrogens with zero attached hydrogens (tertiary/aromatic N) is 2. The molecule has 1 atom stereocenters. The van der Waals surface area contributed by atoms with Gasteiger partial charge in [-0.05, 0) is 35.7 Å². The lowest BCUT2D eigenvalue weighted by Gasteiger charge is -2.25. The molecular formula is C21H26N2O4. The number of carbonyl (C=O) groups is 2. The molecule has 0 bridgehead atoms. The third-order valence-corrected chi connectivity index (χ3v) is 4.24. The quantitative estimate of drug-likeness (QED) is 0.635. The molecule has 144 valence electrons. The number of benzene rings is 1. The molecule has 2 aromatic rings. The number of pyridine rings is 1. The fraction of sp³-hybridized carbons (Fsp3) is 0.381. The Bertz CT molecular complexity index is 732. The van der Waals surface area contributed by atoms with Gasteiger partial charge in [0.1, 0.15) is 5.75 Å². The number of methoxy groups -OCH3 is 1. The van der Waals surface area contributed by atoms with Gasteiger partial charge in [-0.25, -0.2) is 0 Å². The van der Waals surface area contributed by atoms with Gasteiger partial charge in [0.05, 0.1) is 13.0 Å². The summed E-state index contributed by atoms with van der Waals surface area (Å²) in [5, 5.41) is 0. The van der Waals surface area contributed by atoms with Crippen LogP contribution in [-0.4, -0.2) is 42.0 Å². The molecule has 1 unspecified atom stereocenters. The Morgan fingerprint density at radius 2 is 1.89 bits per heavy atom. The average Bonchev–Trinajstić information content (AvgIpc) is 2.71. The van der Waals surface area contributed by atoms with Gasteiger partial charge in [0, 0.05) is 25.5 Å². The van der Waals surface area contributed by atoms with Gasteiger partial charge in [0.25, 0.3) is 5.91 Å². The lowest BCUT2D eigenvalue weighted by Crippen LogP contribution is -2.39. The van der Waals surface area contributed by atoms with Crippen LogP contribution in [0.1, 0.15) is 25.0 Å². The third-order valence-electron chi connectivity index (χ3n) is 4.24. The Balaban J connectivity index is 2.03. The summed E-state index contributed by atoms with van der Waals surface area (Å²) in [5.41, 5.74) is 2.09. The molecule has 1 amide bonds. The zero-order chi connectivity index (χ0) is 19.6. The number of aromatic nitrogens is 1. The molecule has 1 heterocycles. The van der Waals surface area contributed by atoms with Crippen molar-refractivity contribution in [3.8, 4) is 5.75 Å². The lowest BCUT2D eigenvalue weighted by molar-refractivity contribution is -0.147. The SMILES string of the molecule is CCc1ccc(OCC(=O)N(Cc2cccnc2)CC(C)C(=O)OC)cc1. The summed E-state index contributed by atoms with van der Waals surface area (Å²) in [6.45, 7) is 4.32. The summed E-state index contributed by atoms with van der Waals surface area (Å²) in [7, 11) is 1.34. The van der Waals surface area contributed by atoms with Gasteiger partial charge in [-0.1, -0.05) is 32.0 Å². The lowest BCUT2D eigenvalue weighted by atomic mass is 10.1. The van der Waals surface area contributed by atoms with E-state index >= 15 is 0 Å². The molecule has 0 fully saturated rings. The van der Waals surface area contributed by atoms with E-state index in [1.54, 1.807) is 24.2 Å². The van der Waals surface area contributed by atoms with E-state index in [1.807, 2.05) is 36.4 Å². The number of hydrogen-bond donors (Lipinski definition) is 0. The minimum absolute atomic E-state index is 0.0976. The van der Waals surface area contributed by atoms with Crippen molar-refractivity contribution in [1.29, 1.82) is 0 Å². The number of ether oxygens (including phenoxy) is 2. The molecule has 0 radical (unpaired) electrons. The van der Waals surface area contributed by atoms with E-state index < -0.39 is 5.92 Å². The fourth-order valence-electron chi connectivity index (χ4n) is 2.63. The smallest absolute Gasteiger partial charge is 0.310 e. The summed E-state index contributed by atoms with van der Waals surface area (Å²) in [6.07, 6.45) is 4.33. The van der Waals surface area contributed by atoms with Gasteiger partial charge >= 0.3 is 5.97 Å². The van der Waals surface area contributed by atoms with Crippen LogP contribution in [0.15, 0.2) is 48.8 Å². The minimum atomic E-state index is -0.431. The molecule has 27 heavy (non-hydrogen) atoms. The summed E-state index contributed by atoms with van der Waals surface area (Å²) in [5.74, 6) is -0.341. The molecule has 0 saturated carbocycles. The van der Waals surface area contributed by atoms with Crippen LogP contribution >= 0.6 is 0 Å². The van der Waals surface area contributed by atoms with Gasteiger partial charge in [-0.2, -0.15) is 0 Å². The summed E-state index contributed by atoms with van der Waals surface area (Å²) >= 11 is 0. The van der Waals surface area contributed by atoms with E-state index in [2.05, 4.69) is 11.9 Å². The highest BCUT2D eigenvalue weighted by atomic mass is 16.5. The highest BCUT2D eigenvalue weighted by Crippen LogP contribution is 2.14. The van der Waals surface area contributed by atoms with E-state index in [9.17, 15) is 9.59 Å². The van der Waals surface area contributed by atoms with Crippen LogP contribution in [0, 0.1) is 5.92 Å². The normalized spacial score (nSPS) is 11.5. The number of esters is 1. The molecule has 1 aromatic heterocycles. The van der Waals surface area contributed by atoms with Crippen molar-refractivity contribution in [2.75, 3.05) is 20.3 Å². The Morgan fingerprint density at radius 3 is 2.48 bits per heavy atom. The predicted octanol–water partition coefficient (Wildman–Crippen LogP) is 2.86. The molecular weight excluding hydrogens is 344 g/mol. The van der Waals surface area contributed by atoms with Crippen LogP contribution in [-0.2, 0) is 27.3 Å². The van der Waals surface area contributed by atoms with E-state index in [4.69, 9.17) is 9.47 Å². The van der Waals surface area contributed by atoms with Crippen LogP contribution in [0.25, 0.3) is 0 Å². The van der Waals surface area contributed by atoms with Crippen LogP contribution in [0.4, 0.5) is 0 Å². The van der Waals surface area contributed by atoms with Gasteiger partial charge in [0.15, 0.2) is 6.61 Å². The standard InChI is InChI=1S/C21H26N2O4/c1-4-17-7-9-19(10-8-17)27-15-20(24)23(13-16(2)21(25)26-3)14-18-6-5-11-22-12-18/h5-12,16H,4,13-15H2,1-3H3. The maximum atomic E-state index is 12.7. The molecule has 0 saturated heterocycles. The van der Waals surface area contributed by atoms with Crippen molar-refractivity contribution in [3.05, 3.63) is 59.9 Å². The second kappa shape index (κ2) is 10.3. The molecule has 0 N–H and O–H groups in total. The van der Waals surface area contributed by atoms with Crippen LogP contribution < -0.4 is 4.74 Å². The zero-order valence-corrected chi connectivity index (χ0v) is 16.1. The fourth-order valence-corrected chi connectivity index (χ4v) is 2.63. The predicted molar refractivity (Wildman–Crippen MR) is 102 cm³/mol. The first-order chi connectivity index (χ1) is 13.0. The van der Waals surface area contributed by atoms with Crippen molar-refractivity contribution < 1.29 is 19.1 Å². The number of hydrogen-bond acceptors (Lipinski definition) is 5. The number of carbonyl (C=O) groups excluding carboxylic acids is 2. The Kier molecular flexibility index (Phi) is 7.79. The molecule has 1 aromatic carbocycles. The maximum Gasteiger partial charge on any atom is 0.310 e. The van der Waals surface area contributed by atoms with Crippen molar-refractivity contribution in [1.82, 2.24) is 9.88 Å². The van der Waals surface area contributed by atoms with Gasteiger partial charge in [-0.3, -0.25) is 14.6 Å². The monoisotopic (exact) mass is 370 g/mol.